The Balaban J connectivity index is 0.00000306. The molecule has 0 saturated carbocycles. The van der Waals surface area contributed by atoms with Gasteiger partial charge in [0.25, 0.3) is 0 Å². The number of guanidine groups is 1. The maximum Gasteiger partial charge on any atom is 0.191 e. The molecule has 1 aliphatic heterocycles. The third kappa shape index (κ3) is 8.81. The van der Waals surface area contributed by atoms with Crippen LogP contribution >= 0.6 is 24.0 Å². The standard InChI is InChI=1S/C24H33N7O.HI/c1-2-6-21(7-3-1)20-30-16-10-22(11-17-30)28-24(26-13-9-23-8-4-19-32-23)25-12-5-15-31-18-14-27-29-31;/h1-4,6-8,14,18-19,22H,5,9-13,15-17,20H2,(H2,25,26,28);1H. The van der Waals surface area contributed by atoms with Gasteiger partial charge in [0.2, 0.25) is 0 Å². The summed E-state index contributed by atoms with van der Waals surface area (Å²) in [6.07, 6.45) is 9.29. The van der Waals surface area contributed by atoms with Crippen LogP contribution in [0.25, 0.3) is 0 Å². The second-order valence-electron chi connectivity index (χ2n) is 8.19. The Kier molecular flexibility index (Phi) is 10.7. The average Bonchev–Trinajstić information content (AvgIpc) is 3.53. The molecule has 3 aromatic rings. The van der Waals surface area contributed by atoms with Crippen molar-refractivity contribution >= 4 is 29.9 Å². The van der Waals surface area contributed by atoms with E-state index in [1.54, 1.807) is 12.5 Å². The smallest absolute Gasteiger partial charge is 0.191 e. The highest BCUT2D eigenvalue weighted by Gasteiger charge is 2.20. The number of piperidine rings is 1. The Morgan fingerprint density at radius 3 is 2.70 bits per heavy atom. The van der Waals surface area contributed by atoms with Gasteiger partial charge in [0.15, 0.2) is 5.96 Å². The van der Waals surface area contributed by atoms with Gasteiger partial charge in [0.1, 0.15) is 5.76 Å². The van der Waals surface area contributed by atoms with Gasteiger partial charge in [-0.3, -0.25) is 14.6 Å². The molecule has 2 aromatic heterocycles. The van der Waals surface area contributed by atoms with Crippen molar-refractivity contribution < 1.29 is 4.42 Å². The molecule has 0 unspecified atom stereocenters. The third-order valence-electron chi connectivity index (χ3n) is 5.71. The number of benzene rings is 1. The zero-order valence-electron chi connectivity index (χ0n) is 19.0. The molecule has 0 spiro atoms. The van der Waals surface area contributed by atoms with Gasteiger partial charge in [-0.2, -0.15) is 0 Å². The summed E-state index contributed by atoms with van der Waals surface area (Å²) in [6.45, 7) is 5.56. The van der Waals surface area contributed by atoms with Crippen LogP contribution in [0.15, 0.2) is 70.5 Å². The van der Waals surface area contributed by atoms with Gasteiger partial charge in [-0.05, 0) is 37.0 Å². The highest BCUT2D eigenvalue weighted by molar-refractivity contribution is 14.0. The first kappa shape index (κ1) is 25.2. The molecular weight excluding hydrogens is 529 g/mol. The van der Waals surface area contributed by atoms with Gasteiger partial charge in [0, 0.05) is 57.9 Å². The van der Waals surface area contributed by atoms with Crippen LogP contribution in [0.5, 0.6) is 0 Å². The fraction of sp³-hybridized carbons (Fsp3) is 0.458. The highest BCUT2D eigenvalue weighted by atomic mass is 127. The highest BCUT2D eigenvalue weighted by Crippen LogP contribution is 2.14. The summed E-state index contributed by atoms with van der Waals surface area (Å²) >= 11 is 0. The monoisotopic (exact) mass is 563 g/mol. The molecule has 0 aliphatic carbocycles. The van der Waals surface area contributed by atoms with Crippen LogP contribution in [0, 0.1) is 0 Å². The predicted molar refractivity (Wildman–Crippen MR) is 141 cm³/mol. The Morgan fingerprint density at radius 1 is 1.12 bits per heavy atom. The Hall–Kier alpha value is -2.40. The van der Waals surface area contributed by atoms with E-state index in [0.29, 0.717) is 6.04 Å². The zero-order chi connectivity index (χ0) is 21.8. The molecule has 3 heterocycles. The number of furan rings is 1. The van der Waals surface area contributed by atoms with Crippen molar-refractivity contribution in [2.75, 3.05) is 26.2 Å². The molecular formula is C24H34IN7O. The van der Waals surface area contributed by atoms with E-state index >= 15 is 0 Å². The molecule has 1 saturated heterocycles. The number of aliphatic imine (C=N–C) groups is 1. The molecule has 0 atom stereocenters. The van der Waals surface area contributed by atoms with Crippen LogP contribution in [0.3, 0.4) is 0 Å². The van der Waals surface area contributed by atoms with E-state index in [0.717, 1.165) is 76.7 Å². The number of nitrogens with one attached hydrogen (secondary N) is 2. The van der Waals surface area contributed by atoms with Crippen LogP contribution in [-0.2, 0) is 19.5 Å². The molecule has 0 amide bonds. The molecule has 4 rings (SSSR count). The van der Waals surface area contributed by atoms with Crippen molar-refractivity contribution in [1.29, 1.82) is 0 Å². The van der Waals surface area contributed by atoms with Crippen molar-refractivity contribution in [3.05, 3.63) is 72.4 Å². The lowest BCUT2D eigenvalue weighted by atomic mass is 10.0. The summed E-state index contributed by atoms with van der Waals surface area (Å²) < 4.78 is 7.29. The van der Waals surface area contributed by atoms with E-state index < -0.39 is 0 Å². The topological polar surface area (TPSA) is 83.5 Å². The maximum absolute atomic E-state index is 5.44. The Labute approximate surface area is 212 Å². The molecule has 0 radical (unpaired) electrons. The summed E-state index contributed by atoms with van der Waals surface area (Å²) in [5.41, 5.74) is 1.38. The lowest BCUT2D eigenvalue weighted by molar-refractivity contribution is 0.198. The number of hydrogen-bond donors (Lipinski definition) is 2. The van der Waals surface area contributed by atoms with Crippen LogP contribution in [-0.4, -0.2) is 58.1 Å². The van der Waals surface area contributed by atoms with E-state index in [2.05, 4.69) is 56.2 Å². The zero-order valence-corrected chi connectivity index (χ0v) is 21.3. The first-order valence-corrected chi connectivity index (χ1v) is 11.5. The third-order valence-corrected chi connectivity index (χ3v) is 5.71. The number of hydrogen-bond acceptors (Lipinski definition) is 5. The minimum Gasteiger partial charge on any atom is -0.469 e. The number of rotatable bonds is 10. The lowest BCUT2D eigenvalue weighted by Crippen LogP contribution is -2.49. The SMILES string of the molecule is I.c1ccc(CN2CCC(NC(=NCCCn3ccnn3)NCCc3ccco3)CC2)cc1. The normalized spacial score (nSPS) is 15.2. The first-order chi connectivity index (χ1) is 15.8. The summed E-state index contributed by atoms with van der Waals surface area (Å²) in [7, 11) is 0. The second-order valence-corrected chi connectivity index (χ2v) is 8.19. The summed E-state index contributed by atoms with van der Waals surface area (Å²) in [4.78, 5) is 7.35. The fourth-order valence-electron chi connectivity index (χ4n) is 3.96. The van der Waals surface area contributed by atoms with Gasteiger partial charge < -0.3 is 15.1 Å². The van der Waals surface area contributed by atoms with Gasteiger partial charge in [0.05, 0.1) is 12.5 Å². The quantitative estimate of drug-likeness (QED) is 0.171. The molecule has 33 heavy (non-hydrogen) atoms. The lowest BCUT2D eigenvalue weighted by Gasteiger charge is -2.33. The number of halogens is 1. The van der Waals surface area contributed by atoms with Crippen molar-refractivity contribution in [2.45, 2.75) is 44.8 Å². The first-order valence-electron chi connectivity index (χ1n) is 11.5. The van der Waals surface area contributed by atoms with E-state index in [9.17, 15) is 0 Å². The van der Waals surface area contributed by atoms with Crippen LogP contribution in [0.4, 0.5) is 0 Å². The number of likely N-dealkylation sites (tertiary alicyclic amines) is 1. The molecule has 178 valence electrons. The van der Waals surface area contributed by atoms with Crippen molar-refractivity contribution in [2.24, 2.45) is 4.99 Å². The molecule has 2 N–H and O–H groups in total. The van der Waals surface area contributed by atoms with Crippen molar-refractivity contribution in [3.8, 4) is 0 Å². The van der Waals surface area contributed by atoms with Gasteiger partial charge in [-0.1, -0.05) is 35.5 Å². The summed E-state index contributed by atoms with van der Waals surface area (Å²) in [5.74, 6) is 1.87. The van der Waals surface area contributed by atoms with Crippen LogP contribution in [0.1, 0.15) is 30.6 Å². The largest absolute Gasteiger partial charge is 0.469 e. The Bertz CT molecular complexity index is 908. The fourth-order valence-corrected chi connectivity index (χ4v) is 3.96. The number of nitrogens with zero attached hydrogens (tertiary/aromatic N) is 5. The number of aromatic nitrogens is 3. The van der Waals surface area contributed by atoms with Crippen LogP contribution in [0.2, 0.25) is 0 Å². The second kappa shape index (κ2) is 14.0. The van der Waals surface area contributed by atoms with Crippen LogP contribution < -0.4 is 10.6 Å². The molecule has 1 aromatic carbocycles. The summed E-state index contributed by atoms with van der Waals surface area (Å²) in [5, 5.41) is 15.0. The maximum atomic E-state index is 5.44. The van der Waals surface area contributed by atoms with E-state index in [1.165, 1.54) is 5.56 Å². The minimum atomic E-state index is 0. The molecule has 9 heteroatoms. The number of aryl methyl sites for hydroxylation is 1. The minimum absolute atomic E-state index is 0. The predicted octanol–water partition coefficient (Wildman–Crippen LogP) is 3.32. The van der Waals surface area contributed by atoms with E-state index in [4.69, 9.17) is 9.41 Å². The molecule has 1 fully saturated rings. The van der Waals surface area contributed by atoms with Gasteiger partial charge >= 0.3 is 0 Å². The van der Waals surface area contributed by atoms with E-state index in [-0.39, 0.29) is 24.0 Å². The Morgan fingerprint density at radius 2 is 1.97 bits per heavy atom. The average molecular weight is 563 g/mol. The molecule has 0 bridgehead atoms. The van der Waals surface area contributed by atoms with Crippen molar-refractivity contribution in [1.82, 2.24) is 30.5 Å². The van der Waals surface area contributed by atoms with Gasteiger partial charge in [-0.25, -0.2) is 0 Å². The van der Waals surface area contributed by atoms with Gasteiger partial charge in [-0.15, -0.1) is 29.1 Å². The molecule has 8 nitrogen and oxygen atoms in total. The summed E-state index contributed by atoms with van der Waals surface area (Å²) in [6, 6.07) is 15.1. The van der Waals surface area contributed by atoms with Crippen molar-refractivity contribution in [3.63, 3.8) is 0 Å². The van der Waals surface area contributed by atoms with E-state index in [1.807, 2.05) is 23.0 Å². The molecule has 1 aliphatic rings.